The standard InChI is InChI=1S/C18H23N3O3/c1-18(2,3)24-17(23)20-15-5-4-10-21(12-15)16(22)14-8-6-13(11-19)7-9-14/h6-9,15H,4-5,10,12H2,1-3H3,(H,20,23)/t15-/m0/s1. The molecule has 0 radical (unpaired) electrons. The van der Waals surface area contributed by atoms with Gasteiger partial charge < -0.3 is 15.0 Å². The van der Waals surface area contributed by atoms with Crippen LogP contribution in [0.15, 0.2) is 24.3 Å². The predicted molar refractivity (Wildman–Crippen MR) is 89.5 cm³/mol. The third-order valence-electron chi connectivity index (χ3n) is 3.69. The monoisotopic (exact) mass is 329 g/mol. The average molecular weight is 329 g/mol. The van der Waals surface area contributed by atoms with Gasteiger partial charge in [-0.2, -0.15) is 5.26 Å². The second-order valence-corrected chi connectivity index (χ2v) is 6.93. The van der Waals surface area contributed by atoms with Crippen molar-refractivity contribution in [3.8, 4) is 6.07 Å². The van der Waals surface area contributed by atoms with Gasteiger partial charge in [0, 0.05) is 24.7 Å². The van der Waals surface area contributed by atoms with E-state index >= 15 is 0 Å². The number of carbonyl (C=O) groups excluding carboxylic acids is 2. The van der Waals surface area contributed by atoms with Crippen molar-refractivity contribution >= 4 is 12.0 Å². The molecule has 24 heavy (non-hydrogen) atoms. The molecule has 1 fully saturated rings. The number of ether oxygens (including phenoxy) is 1. The first kappa shape index (κ1) is 17.8. The second kappa shape index (κ2) is 7.35. The van der Waals surface area contributed by atoms with Gasteiger partial charge in [0.05, 0.1) is 11.6 Å². The fraction of sp³-hybridized carbons (Fsp3) is 0.500. The molecule has 0 aromatic heterocycles. The van der Waals surface area contributed by atoms with E-state index in [0.717, 1.165) is 12.8 Å². The second-order valence-electron chi connectivity index (χ2n) is 6.93. The molecule has 1 heterocycles. The van der Waals surface area contributed by atoms with E-state index in [2.05, 4.69) is 5.32 Å². The summed E-state index contributed by atoms with van der Waals surface area (Å²) in [5.74, 6) is -0.0878. The van der Waals surface area contributed by atoms with Crippen molar-refractivity contribution in [2.24, 2.45) is 0 Å². The maximum absolute atomic E-state index is 12.6. The minimum absolute atomic E-state index is 0.0878. The summed E-state index contributed by atoms with van der Waals surface area (Å²) in [6.45, 7) is 6.56. The van der Waals surface area contributed by atoms with Gasteiger partial charge in [-0.1, -0.05) is 0 Å². The number of benzene rings is 1. The molecule has 0 saturated carbocycles. The molecule has 1 aliphatic rings. The number of carbonyl (C=O) groups is 2. The molecule has 2 amide bonds. The van der Waals surface area contributed by atoms with Gasteiger partial charge in [0.2, 0.25) is 0 Å². The predicted octanol–water partition coefficient (Wildman–Crippen LogP) is 2.69. The van der Waals surface area contributed by atoms with E-state index in [1.165, 1.54) is 0 Å². The lowest BCUT2D eigenvalue weighted by Crippen LogP contribution is -2.50. The molecule has 1 saturated heterocycles. The normalized spacial score (nSPS) is 17.8. The number of likely N-dealkylation sites (tertiary alicyclic amines) is 1. The van der Waals surface area contributed by atoms with Gasteiger partial charge in [0.25, 0.3) is 5.91 Å². The zero-order valence-corrected chi connectivity index (χ0v) is 14.3. The van der Waals surface area contributed by atoms with Gasteiger partial charge in [0.15, 0.2) is 0 Å². The van der Waals surface area contributed by atoms with Crippen molar-refractivity contribution in [2.45, 2.75) is 45.3 Å². The lowest BCUT2D eigenvalue weighted by molar-refractivity contribution is 0.0452. The van der Waals surface area contributed by atoms with Gasteiger partial charge in [-0.05, 0) is 57.9 Å². The Morgan fingerprint density at radius 3 is 2.54 bits per heavy atom. The smallest absolute Gasteiger partial charge is 0.407 e. The molecule has 0 aliphatic carbocycles. The fourth-order valence-corrected chi connectivity index (χ4v) is 2.62. The summed E-state index contributed by atoms with van der Waals surface area (Å²) >= 11 is 0. The number of amides is 2. The maximum Gasteiger partial charge on any atom is 0.407 e. The number of nitriles is 1. The molecule has 1 atom stereocenters. The van der Waals surface area contributed by atoms with E-state index in [1.807, 2.05) is 26.8 Å². The molecule has 1 aromatic rings. The lowest BCUT2D eigenvalue weighted by Gasteiger charge is -2.33. The molecule has 6 heteroatoms. The first-order chi connectivity index (χ1) is 11.3. The van der Waals surface area contributed by atoms with Crippen LogP contribution in [0.3, 0.4) is 0 Å². The number of nitrogens with one attached hydrogen (secondary N) is 1. The highest BCUT2D eigenvalue weighted by Crippen LogP contribution is 2.15. The van der Waals surface area contributed by atoms with Crippen molar-refractivity contribution in [3.05, 3.63) is 35.4 Å². The summed E-state index contributed by atoms with van der Waals surface area (Å²) in [4.78, 5) is 26.2. The van der Waals surface area contributed by atoms with Crippen LogP contribution in [0.25, 0.3) is 0 Å². The third kappa shape index (κ3) is 4.98. The van der Waals surface area contributed by atoms with Crippen LogP contribution in [-0.2, 0) is 4.74 Å². The van der Waals surface area contributed by atoms with Crippen LogP contribution in [0.1, 0.15) is 49.5 Å². The van der Waals surface area contributed by atoms with Crippen LogP contribution in [-0.4, -0.2) is 41.6 Å². The van der Waals surface area contributed by atoms with Crippen molar-refractivity contribution < 1.29 is 14.3 Å². The average Bonchev–Trinajstić information content (AvgIpc) is 2.52. The Bertz CT molecular complexity index is 641. The number of hydrogen-bond acceptors (Lipinski definition) is 4. The highest BCUT2D eigenvalue weighted by molar-refractivity contribution is 5.94. The van der Waals surface area contributed by atoms with Crippen LogP contribution >= 0.6 is 0 Å². The van der Waals surface area contributed by atoms with Crippen LogP contribution in [0, 0.1) is 11.3 Å². The molecule has 1 aromatic carbocycles. The van der Waals surface area contributed by atoms with E-state index in [-0.39, 0.29) is 11.9 Å². The topological polar surface area (TPSA) is 82.4 Å². The summed E-state index contributed by atoms with van der Waals surface area (Å²) in [7, 11) is 0. The molecular weight excluding hydrogens is 306 g/mol. The lowest BCUT2D eigenvalue weighted by atomic mass is 10.0. The summed E-state index contributed by atoms with van der Waals surface area (Å²) in [5.41, 5.74) is 0.526. The SMILES string of the molecule is CC(C)(C)OC(=O)N[C@H]1CCCN(C(=O)c2ccc(C#N)cc2)C1. The Morgan fingerprint density at radius 2 is 1.96 bits per heavy atom. The zero-order chi connectivity index (χ0) is 17.7. The highest BCUT2D eigenvalue weighted by atomic mass is 16.6. The molecule has 0 bridgehead atoms. The summed E-state index contributed by atoms with van der Waals surface area (Å²) < 4.78 is 5.26. The number of nitrogens with zero attached hydrogens (tertiary/aromatic N) is 2. The molecule has 6 nitrogen and oxygen atoms in total. The highest BCUT2D eigenvalue weighted by Gasteiger charge is 2.27. The number of hydrogen-bond donors (Lipinski definition) is 1. The maximum atomic E-state index is 12.6. The quantitative estimate of drug-likeness (QED) is 0.904. The fourth-order valence-electron chi connectivity index (χ4n) is 2.62. The van der Waals surface area contributed by atoms with Gasteiger partial charge in [-0.3, -0.25) is 4.79 Å². The molecule has 2 rings (SSSR count). The van der Waals surface area contributed by atoms with Gasteiger partial charge in [-0.15, -0.1) is 0 Å². The summed E-state index contributed by atoms with van der Waals surface area (Å²) in [5, 5.41) is 11.6. The van der Waals surface area contributed by atoms with Crippen LogP contribution in [0.4, 0.5) is 4.79 Å². The van der Waals surface area contributed by atoms with E-state index in [0.29, 0.717) is 24.2 Å². The summed E-state index contributed by atoms with van der Waals surface area (Å²) in [6, 6.07) is 8.50. The molecule has 0 spiro atoms. The van der Waals surface area contributed by atoms with Crippen molar-refractivity contribution in [2.75, 3.05) is 13.1 Å². The molecule has 0 unspecified atom stereocenters. The third-order valence-corrected chi connectivity index (χ3v) is 3.69. The van der Waals surface area contributed by atoms with Crippen molar-refractivity contribution in [3.63, 3.8) is 0 Å². The van der Waals surface area contributed by atoms with Gasteiger partial charge >= 0.3 is 6.09 Å². The first-order valence-electron chi connectivity index (χ1n) is 8.07. The van der Waals surface area contributed by atoms with Gasteiger partial charge in [-0.25, -0.2) is 4.79 Å². The number of alkyl carbamates (subject to hydrolysis) is 1. The number of rotatable bonds is 2. The Balaban J connectivity index is 1.95. The molecular formula is C18H23N3O3. The van der Waals surface area contributed by atoms with E-state index in [1.54, 1.807) is 29.2 Å². The summed E-state index contributed by atoms with van der Waals surface area (Å²) in [6.07, 6.45) is 1.18. The van der Waals surface area contributed by atoms with Crippen LogP contribution < -0.4 is 5.32 Å². The Kier molecular flexibility index (Phi) is 5.45. The largest absolute Gasteiger partial charge is 0.444 e. The van der Waals surface area contributed by atoms with Crippen molar-refractivity contribution in [1.29, 1.82) is 5.26 Å². The zero-order valence-electron chi connectivity index (χ0n) is 14.3. The van der Waals surface area contributed by atoms with Crippen LogP contribution in [0.5, 0.6) is 0 Å². The molecule has 128 valence electrons. The van der Waals surface area contributed by atoms with Crippen molar-refractivity contribution in [1.82, 2.24) is 10.2 Å². The Labute approximate surface area is 142 Å². The Hall–Kier alpha value is -2.55. The molecule has 1 aliphatic heterocycles. The van der Waals surface area contributed by atoms with E-state index < -0.39 is 11.7 Å². The van der Waals surface area contributed by atoms with E-state index in [4.69, 9.17) is 10.00 Å². The Morgan fingerprint density at radius 1 is 1.29 bits per heavy atom. The minimum Gasteiger partial charge on any atom is -0.444 e. The molecule has 1 N–H and O–H groups in total. The van der Waals surface area contributed by atoms with Gasteiger partial charge in [0.1, 0.15) is 5.60 Å². The minimum atomic E-state index is -0.545. The van der Waals surface area contributed by atoms with Crippen LogP contribution in [0.2, 0.25) is 0 Å². The van der Waals surface area contributed by atoms with E-state index in [9.17, 15) is 9.59 Å². The first-order valence-corrected chi connectivity index (χ1v) is 8.07. The number of piperidine rings is 1.